The summed E-state index contributed by atoms with van der Waals surface area (Å²) in [7, 11) is 0. The van der Waals surface area contributed by atoms with Crippen molar-refractivity contribution in [3.63, 3.8) is 0 Å². The van der Waals surface area contributed by atoms with Gasteiger partial charge < -0.3 is 5.32 Å². The Balaban J connectivity index is 2.91. The van der Waals surface area contributed by atoms with Gasteiger partial charge in [-0.1, -0.05) is 52.7 Å². The first-order chi connectivity index (χ1) is 9.10. The number of unbranched alkanes of at least 4 members (excludes halogenated alkanes) is 2. The molecule has 0 spiro atoms. The highest BCUT2D eigenvalue weighted by Crippen LogP contribution is 2.23. The number of anilines is 1. The highest BCUT2D eigenvalue weighted by molar-refractivity contribution is 5.93. The second kappa shape index (κ2) is 7.98. The van der Waals surface area contributed by atoms with Crippen LogP contribution in [0.25, 0.3) is 0 Å². The fourth-order valence-electron chi connectivity index (χ4n) is 2.21. The Morgan fingerprint density at radius 1 is 1.21 bits per heavy atom. The number of nitrogens with one attached hydrogen (secondary N) is 1. The Hall–Kier alpha value is -1.31. The van der Waals surface area contributed by atoms with Crippen molar-refractivity contribution in [3.05, 3.63) is 29.3 Å². The molecule has 0 radical (unpaired) electrons. The maximum atomic E-state index is 11.9. The van der Waals surface area contributed by atoms with E-state index in [0.29, 0.717) is 0 Å². The number of benzene rings is 1. The molecular formula is C17H27NO. The summed E-state index contributed by atoms with van der Waals surface area (Å²) in [5.41, 5.74) is 3.69. The topological polar surface area (TPSA) is 29.1 Å². The van der Waals surface area contributed by atoms with Gasteiger partial charge in [0, 0.05) is 11.6 Å². The molecular weight excluding hydrogens is 234 g/mol. The number of carbonyl (C=O) groups is 1. The van der Waals surface area contributed by atoms with Crippen molar-refractivity contribution in [1.29, 1.82) is 0 Å². The van der Waals surface area contributed by atoms with E-state index in [1.807, 2.05) is 26.0 Å². The van der Waals surface area contributed by atoms with E-state index in [1.165, 1.54) is 30.4 Å². The van der Waals surface area contributed by atoms with Gasteiger partial charge in [-0.25, -0.2) is 0 Å². The van der Waals surface area contributed by atoms with Gasteiger partial charge in [0.2, 0.25) is 5.91 Å². The van der Waals surface area contributed by atoms with E-state index in [2.05, 4.69) is 25.2 Å². The van der Waals surface area contributed by atoms with Gasteiger partial charge in [-0.3, -0.25) is 4.79 Å². The molecule has 0 aliphatic heterocycles. The second-order valence-electron chi connectivity index (χ2n) is 5.40. The van der Waals surface area contributed by atoms with Gasteiger partial charge in [-0.15, -0.1) is 0 Å². The summed E-state index contributed by atoms with van der Waals surface area (Å²) in [5, 5.41) is 3.07. The lowest BCUT2D eigenvalue weighted by atomic mass is 9.97. The second-order valence-corrected chi connectivity index (χ2v) is 5.40. The number of rotatable bonds is 7. The van der Waals surface area contributed by atoms with Gasteiger partial charge in [0.15, 0.2) is 0 Å². The van der Waals surface area contributed by atoms with Crippen LogP contribution in [-0.4, -0.2) is 5.91 Å². The molecule has 1 N–H and O–H groups in total. The van der Waals surface area contributed by atoms with E-state index in [0.717, 1.165) is 18.5 Å². The van der Waals surface area contributed by atoms with E-state index in [1.54, 1.807) is 0 Å². The molecule has 0 aliphatic carbocycles. The van der Waals surface area contributed by atoms with Gasteiger partial charge in [-0.2, -0.15) is 0 Å². The fraction of sp³-hybridized carbons (Fsp3) is 0.588. The minimum absolute atomic E-state index is 0.0220. The van der Waals surface area contributed by atoms with Crippen molar-refractivity contribution in [2.24, 2.45) is 5.92 Å². The molecule has 0 saturated carbocycles. The molecule has 1 rings (SSSR count). The summed E-state index contributed by atoms with van der Waals surface area (Å²) >= 11 is 0. The van der Waals surface area contributed by atoms with Gasteiger partial charge in [0.25, 0.3) is 0 Å². The fourth-order valence-corrected chi connectivity index (χ4v) is 2.21. The van der Waals surface area contributed by atoms with E-state index in [4.69, 9.17) is 0 Å². The largest absolute Gasteiger partial charge is 0.326 e. The summed E-state index contributed by atoms with van der Waals surface area (Å²) in [5.74, 6) is 0.124. The lowest BCUT2D eigenvalue weighted by molar-refractivity contribution is -0.118. The molecule has 1 amide bonds. The molecule has 2 nitrogen and oxygen atoms in total. The zero-order valence-corrected chi connectivity index (χ0v) is 12.8. The first kappa shape index (κ1) is 15.7. The molecule has 1 aromatic carbocycles. The van der Waals surface area contributed by atoms with Crippen LogP contribution in [-0.2, 0) is 17.6 Å². The first-order valence-electron chi connectivity index (χ1n) is 7.51. The van der Waals surface area contributed by atoms with Crippen LogP contribution in [0, 0.1) is 5.92 Å². The van der Waals surface area contributed by atoms with Crippen molar-refractivity contribution in [3.8, 4) is 0 Å². The number of hydrogen-bond donors (Lipinski definition) is 1. The molecule has 1 aromatic rings. The smallest absolute Gasteiger partial charge is 0.226 e. The van der Waals surface area contributed by atoms with Gasteiger partial charge in [0.05, 0.1) is 0 Å². The van der Waals surface area contributed by atoms with Crippen LogP contribution in [0.1, 0.15) is 58.1 Å². The molecule has 0 heterocycles. The quantitative estimate of drug-likeness (QED) is 0.715. The third-order valence-corrected chi connectivity index (χ3v) is 3.47. The minimum atomic E-state index is 0.0220. The maximum Gasteiger partial charge on any atom is 0.226 e. The predicted octanol–water partition coefficient (Wildman–Crippen LogP) is 4.58. The van der Waals surface area contributed by atoms with Crippen LogP contribution in [0.4, 0.5) is 5.69 Å². The first-order valence-corrected chi connectivity index (χ1v) is 7.51. The number of hydrogen-bond acceptors (Lipinski definition) is 1. The van der Waals surface area contributed by atoms with Crippen LogP contribution < -0.4 is 5.32 Å². The summed E-state index contributed by atoms with van der Waals surface area (Å²) in [6.45, 7) is 8.24. The van der Waals surface area contributed by atoms with Crippen molar-refractivity contribution in [2.75, 3.05) is 5.32 Å². The normalized spacial score (nSPS) is 10.8. The van der Waals surface area contributed by atoms with E-state index >= 15 is 0 Å². The molecule has 106 valence electrons. The SMILES string of the molecule is CCCCCc1c(CC)cccc1NC(=O)C(C)C. The number of carbonyl (C=O) groups excluding carboxylic acids is 1. The summed E-state index contributed by atoms with van der Waals surface area (Å²) in [6, 6.07) is 6.24. The van der Waals surface area contributed by atoms with Gasteiger partial charge in [0.1, 0.15) is 0 Å². The zero-order valence-electron chi connectivity index (χ0n) is 12.8. The summed E-state index contributed by atoms with van der Waals surface area (Å²) in [4.78, 5) is 11.9. The molecule has 0 fully saturated rings. The predicted molar refractivity (Wildman–Crippen MR) is 82.5 cm³/mol. The van der Waals surface area contributed by atoms with E-state index < -0.39 is 0 Å². The lowest BCUT2D eigenvalue weighted by Gasteiger charge is -2.16. The molecule has 0 atom stereocenters. The Kier molecular flexibility index (Phi) is 6.61. The van der Waals surface area contributed by atoms with Gasteiger partial charge >= 0.3 is 0 Å². The molecule has 19 heavy (non-hydrogen) atoms. The van der Waals surface area contributed by atoms with Gasteiger partial charge in [-0.05, 0) is 36.5 Å². The third-order valence-electron chi connectivity index (χ3n) is 3.47. The highest BCUT2D eigenvalue weighted by Gasteiger charge is 2.12. The molecule has 0 saturated heterocycles. The third kappa shape index (κ3) is 4.70. The standard InChI is InChI=1S/C17H27NO/c1-5-7-8-11-15-14(6-2)10-9-12-16(15)18-17(19)13(3)4/h9-10,12-13H,5-8,11H2,1-4H3,(H,18,19). The van der Waals surface area contributed by atoms with Crippen LogP contribution in [0.5, 0.6) is 0 Å². The maximum absolute atomic E-state index is 11.9. The monoisotopic (exact) mass is 261 g/mol. The Morgan fingerprint density at radius 3 is 2.53 bits per heavy atom. The van der Waals surface area contributed by atoms with Crippen LogP contribution in [0.15, 0.2) is 18.2 Å². The van der Waals surface area contributed by atoms with Crippen LogP contribution >= 0.6 is 0 Å². The number of aryl methyl sites for hydroxylation is 1. The van der Waals surface area contributed by atoms with Crippen LogP contribution in [0.3, 0.4) is 0 Å². The van der Waals surface area contributed by atoms with Crippen molar-refractivity contribution < 1.29 is 4.79 Å². The van der Waals surface area contributed by atoms with Crippen molar-refractivity contribution >= 4 is 11.6 Å². The summed E-state index contributed by atoms with van der Waals surface area (Å²) < 4.78 is 0. The molecule has 0 bridgehead atoms. The minimum Gasteiger partial charge on any atom is -0.326 e. The molecule has 2 heteroatoms. The lowest BCUT2D eigenvalue weighted by Crippen LogP contribution is -2.19. The Labute approximate surface area is 117 Å². The van der Waals surface area contributed by atoms with E-state index in [9.17, 15) is 4.79 Å². The highest BCUT2D eigenvalue weighted by atomic mass is 16.1. The Bertz CT molecular complexity index is 410. The summed E-state index contributed by atoms with van der Waals surface area (Å²) in [6.07, 6.45) is 5.74. The zero-order chi connectivity index (χ0) is 14.3. The molecule has 0 aromatic heterocycles. The van der Waals surface area contributed by atoms with Crippen LogP contribution in [0.2, 0.25) is 0 Å². The number of amides is 1. The van der Waals surface area contributed by atoms with Crippen molar-refractivity contribution in [2.45, 2.75) is 59.8 Å². The average Bonchev–Trinajstić information content (AvgIpc) is 2.40. The average molecular weight is 261 g/mol. The molecule has 0 unspecified atom stereocenters. The van der Waals surface area contributed by atoms with Crippen molar-refractivity contribution in [1.82, 2.24) is 0 Å². The Morgan fingerprint density at radius 2 is 1.95 bits per heavy atom. The molecule has 0 aliphatic rings. The van der Waals surface area contributed by atoms with E-state index in [-0.39, 0.29) is 11.8 Å².